The van der Waals surface area contributed by atoms with E-state index in [1.54, 1.807) is 12.1 Å². The van der Waals surface area contributed by atoms with Gasteiger partial charge in [-0.1, -0.05) is 19.9 Å². The predicted octanol–water partition coefficient (Wildman–Crippen LogP) is 1.42. The monoisotopic (exact) mass is 225 g/mol. The number of rotatable bonds is 4. The van der Waals surface area contributed by atoms with Crippen molar-refractivity contribution in [2.24, 2.45) is 11.7 Å². The number of benzene rings is 1. The summed E-state index contributed by atoms with van der Waals surface area (Å²) in [5, 5.41) is 19.4. The van der Waals surface area contributed by atoms with Crippen molar-refractivity contribution in [3.05, 3.63) is 23.8 Å². The summed E-state index contributed by atoms with van der Waals surface area (Å²) in [6.07, 6.45) is -0.632. The summed E-state index contributed by atoms with van der Waals surface area (Å²) in [6, 6.07) is 4.40. The smallest absolute Gasteiger partial charge is 0.160 e. The third-order valence-corrected chi connectivity index (χ3v) is 2.64. The van der Waals surface area contributed by atoms with Crippen LogP contribution in [0.4, 0.5) is 0 Å². The summed E-state index contributed by atoms with van der Waals surface area (Å²) in [6.45, 7) is 3.79. The van der Waals surface area contributed by atoms with Crippen LogP contribution in [0.2, 0.25) is 0 Å². The van der Waals surface area contributed by atoms with Gasteiger partial charge in [-0.3, -0.25) is 0 Å². The topological polar surface area (TPSA) is 75.7 Å². The van der Waals surface area contributed by atoms with Crippen LogP contribution in [0.1, 0.15) is 25.5 Å². The van der Waals surface area contributed by atoms with E-state index >= 15 is 0 Å². The van der Waals surface area contributed by atoms with Gasteiger partial charge in [0, 0.05) is 0 Å². The minimum Gasteiger partial charge on any atom is -0.504 e. The van der Waals surface area contributed by atoms with Crippen molar-refractivity contribution in [3.8, 4) is 11.5 Å². The summed E-state index contributed by atoms with van der Waals surface area (Å²) in [7, 11) is 1.48. The largest absolute Gasteiger partial charge is 0.504 e. The van der Waals surface area contributed by atoms with E-state index in [1.165, 1.54) is 13.2 Å². The first kappa shape index (κ1) is 12.8. The van der Waals surface area contributed by atoms with Gasteiger partial charge < -0.3 is 20.7 Å². The van der Waals surface area contributed by atoms with Crippen molar-refractivity contribution in [1.82, 2.24) is 0 Å². The Balaban J connectivity index is 2.92. The number of hydrogen-bond donors (Lipinski definition) is 3. The van der Waals surface area contributed by atoms with E-state index in [0.29, 0.717) is 11.3 Å². The van der Waals surface area contributed by atoms with Crippen molar-refractivity contribution in [2.45, 2.75) is 26.0 Å². The Morgan fingerprint density at radius 3 is 2.38 bits per heavy atom. The minimum atomic E-state index is -0.632. The van der Waals surface area contributed by atoms with Crippen LogP contribution in [0, 0.1) is 5.92 Å². The molecule has 0 saturated carbocycles. The van der Waals surface area contributed by atoms with Gasteiger partial charge in [0.25, 0.3) is 0 Å². The zero-order chi connectivity index (χ0) is 12.3. The summed E-state index contributed by atoms with van der Waals surface area (Å²) < 4.78 is 4.93. The lowest BCUT2D eigenvalue weighted by molar-refractivity contribution is 0.0978. The van der Waals surface area contributed by atoms with E-state index in [2.05, 4.69) is 0 Å². The van der Waals surface area contributed by atoms with Crippen molar-refractivity contribution >= 4 is 0 Å². The lowest BCUT2D eigenvalue weighted by atomic mass is 9.94. The molecule has 0 heterocycles. The molecule has 0 fully saturated rings. The molecule has 0 spiro atoms. The Kier molecular flexibility index (Phi) is 4.15. The maximum absolute atomic E-state index is 9.83. The number of methoxy groups -OCH3 is 1. The number of phenols is 1. The fourth-order valence-electron chi connectivity index (χ4n) is 1.53. The van der Waals surface area contributed by atoms with Crippen LogP contribution in [0.15, 0.2) is 18.2 Å². The molecule has 4 heteroatoms. The summed E-state index contributed by atoms with van der Waals surface area (Å²) >= 11 is 0. The molecule has 0 bridgehead atoms. The van der Waals surface area contributed by atoms with Gasteiger partial charge in [0.05, 0.1) is 19.3 Å². The number of hydrogen-bond acceptors (Lipinski definition) is 4. The standard InChI is InChI=1S/C12H19NO3/c1-7(2)12(15)11(13)8-4-5-10(16-3)9(14)6-8/h4-7,11-12,14-15H,13H2,1-3H3/t11-,12+/m0/s1. The minimum absolute atomic E-state index is 0.0337. The van der Waals surface area contributed by atoms with Gasteiger partial charge in [0.2, 0.25) is 0 Å². The number of aliphatic hydroxyl groups excluding tert-OH is 1. The maximum Gasteiger partial charge on any atom is 0.160 e. The van der Waals surface area contributed by atoms with Crippen LogP contribution >= 0.6 is 0 Å². The highest BCUT2D eigenvalue weighted by Crippen LogP contribution is 2.30. The molecule has 4 N–H and O–H groups in total. The van der Waals surface area contributed by atoms with Crippen molar-refractivity contribution < 1.29 is 14.9 Å². The first-order chi connectivity index (χ1) is 7.47. The van der Waals surface area contributed by atoms with E-state index in [4.69, 9.17) is 10.5 Å². The Bertz CT molecular complexity index is 352. The molecule has 0 saturated heterocycles. The number of aromatic hydroxyl groups is 1. The van der Waals surface area contributed by atoms with E-state index in [1.807, 2.05) is 13.8 Å². The molecule has 0 aliphatic rings. The molecule has 1 rings (SSSR count). The zero-order valence-electron chi connectivity index (χ0n) is 9.84. The van der Waals surface area contributed by atoms with Gasteiger partial charge in [-0.05, 0) is 23.6 Å². The maximum atomic E-state index is 9.83. The van der Waals surface area contributed by atoms with E-state index in [0.717, 1.165) is 0 Å². The quantitative estimate of drug-likeness (QED) is 0.724. The summed E-state index contributed by atoms with van der Waals surface area (Å²) in [4.78, 5) is 0. The number of phenolic OH excluding ortho intramolecular Hbond substituents is 1. The Morgan fingerprint density at radius 2 is 1.94 bits per heavy atom. The summed E-state index contributed by atoms with van der Waals surface area (Å²) in [5.41, 5.74) is 6.59. The highest BCUT2D eigenvalue weighted by Gasteiger charge is 2.20. The van der Waals surface area contributed by atoms with Crippen LogP contribution in [0.3, 0.4) is 0 Å². The van der Waals surface area contributed by atoms with Crippen molar-refractivity contribution in [2.75, 3.05) is 7.11 Å². The van der Waals surface area contributed by atoms with Crippen LogP contribution in [0.5, 0.6) is 11.5 Å². The third-order valence-electron chi connectivity index (χ3n) is 2.64. The molecular weight excluding hydrogens is 206 g/mol. The Morgan fingerprint density at radius 1 is 1.31 bits per heavy atom. The first-order valence-electron chi connectivity index (χ1n) is 5.28. The van der Waals surface area contributed by atoms with Crippen LogP contribution in [-0.4, -0.2) is 23.4 Å². The lowest BCUT2D eigenvalue weighted by Crippen LogP contribution is -2.30. The second kappa shape index (κ2) is 5.18. The van der Waals surface area contributed by atoms with E-state index in [9.17, 15) is 10.2 Å². The molecular formula is C12H19NO3. The first-order valence-corrected chi connectivity index (χ1v) is 5.28. The average Bonchev–Trinajstić information content (AvgIpc) is 2.26. The molecule has 0 aliphatic carbocycles. The fraction of sp³-hybridized carbons (Fsp3) is 0.500. The molecule has 0 radical (unpaired) electrons. The van der Waals surface area contributed by atoms with Gasteiger partial charge in [-0.25, -0.2) is 0 Å². The van der Waals surface area contributed by atoms with Gasteiger partial charge >= 0.3 is 0 Å². The number of nitrogens with two attached hydrogens (primary N) is 1. The molecule has 2 atom stereocenters. The second-order valence-corrected chi connectivity index (χ2v) is 4.19. The van der Waals surface area contributed by atoms with Gasteiger partial charge in [0.1, 0.15) is 0 Å². The van der Waals surface area contributed by atoms with Crippen molar-refractivity contribution in [3.63, 3.8) is 0 Å². The van der Waals surface area contributed by atoms with Gasteiger partial charge in [-0.15, -0.1) is 0 Å². The molecule has 90 valence electrons. The molecule has 0 aliphatic heterocycles. The normalized spacial score (nSPS) is 14.9. The Hall–Kier alpha value is -1.26. The molecule has 0 aromatic heterocycles. The number of aliphatic hydroxyl groups is 1. The van der Waals surface area contributed by atoms with Gasteiger partial charge in [-0.2, -0.15) is 0 Å². The zero-order valence-corrected chi connectivity index (χ0v) is 9.84. The van der Waals surface area contributed by atoms with E-state index < -0.39 is 12.1 Å². The lowest BCUT2D eigenvalue weighted by Gasteiger charge is -2.22. The predicted molar refractivity (Wildman–Crippen MR) is 62.4 cm³/mol. The fourth-order valence-corrected chi connectivity index (χ4v) is 1.53. The molecule has 0 unspecified atom stereocenters. The molecule has 1 aromatic carbocycles. The molecule has 1 aromatic rings. The molecule has 0 amide bonds. The van der Waals surface area contributed by atoms with Gasteiger partial charge in [0.15, 0.2) is 11.5 Å². The van der Waals surface area contributed by atoms with Crippen LogP contribution < -0.4 is 10.5 Å². The summed E-state index contributed by atoms with van der Waals surface area (Å²) in [5.74, 6) is 0.501. The van der Waals surface area contributed by atoms with Crippen LogP contribution in [-0.2, 0) is 0 Å². The second-order valence-electron chi connectivity index (χ2n) is 4.19. The molecule has 16 heavy (non-hydrogen) atoms. The highest BCUT2D eigenvalue weighted by atomic mass is 16.5. The Labute approximate surface area is 95.7 Å². The van der Waals surface area contributed by atoms with E-state index in [-0.39, 0.29) is 11.7 Å². The highest BCUT2D eigenvalue weighted by molar-refractivity contribution is 5.42. The average molecular weight is 225 g/mol. The van der Waals surface area contributed by atoms with Crippen molar-refractivity contribution in [1.29, 1.82) is 0 Å². The number of ether oxygens (including phenoxy) is 1. The molecule has 4 nitrogen and oxygen atoms in total. The third kappa shape index (κ3) is 2.65. The SMILES string of the molecule is COc1ccc([C@H](N)[C@H](O)C(C)C)cc1O. The van der Waals surface area contributed by atoms with Crippen LogP contribution in [0.25, 0.3) is 0 Å².